The van der Waals surface area contributed by atoms with E-state index in [1.54, 1.807) is 7.11 Å². The molecule has 1 saturated carbocycles. The van der Waals surface area contributed by atoms with Gasteiger partial charge in [0.25, 0.3) is 5.91 Å². The first kappa shape index (κ1) is 17.3. The van der Waals surface area contributed by atoms with Gasteiger partial charge in [-0.2, -0.15) is 0 Å². The minimum absolute atomic E-state index is 0.143. The lowest BCUT2D eigenvalue weighted by Gasteiger charge is -2.35. The van der Waals surface area contributed by atoms with Crippen molar-refractivity contribution in [3.8, 4) is 5.75 Å². The van der Waals surface area contributed by atoms with Gasteiger partial charge in [0.15, 0.2) is 0 Å². The number of carbonyl (C=O) groups is 1. The third-order valence-corrected chi connectivity index (χ3v) is 5.57. The van der Waals surface area contributed by atoms with Crippen LogP contribution in [0.15, 0.2) is 24.3 Å². The predicted molar refractivity (Wildman–Crippen MR) is 96.5 cm³/mol. The number of benzene rings is 1. The minimum Gasteiger partial charge on any atom is -0.497 e. The zero-order chi connectivity index (χ0) is 16.8. The summed E-state index contributed by atoms with van der Waals surface area (Å²) < 4.78 is 5.15. The SMILES string of the molecule is COc1ccc(C(=O)N2CCN(CCC3CCCCC3)CC2)cc1. The number of nitrogens with zero attached hydrogens (tertiary/aromatic N) is 2. The molecule has 1 aliphatic carbocycles. The molecule has 0 unspecified atom stereocenters. The van der Waals surface area contributed by atoms with Crippen LogP contribution in [0.3, 0.4) is 0 Å². The van der Waals surface area contributed by atoms with Gasteiger partial charge in [-0.3, -0.25) is 9.69 Å². The molecule has 1 amide bonds. The summed E-state index contributed by atoms with van der Waals surface area (Å²) in [6, 6.07) is 7.43. The van der Waals surface area contributed by atoms with Crippen molar-refractivity contribution >= 4 is 5.91 Å². The third-order valence-electron chi connectivity index (χ3n) is 5.57. The monoisotopic (exact) mass is 330 g/mol. The lowest BCUT2D eigenvalue weighted by atomic mass is 9.87. The maximum absolute atomic E-state index is 12.6. The lowest BCUT2D eigenvalue weighted by molar-refractivity contribution is 0.0627. The molecule has 24 heavy (non-hydrogen) atoms. The number of rotatable bonds is 5. The van der Waals surface area contributed by atoms with E-state index in [2.05, 4.69) is 4.90 Å². The first-order valence-electron chi connectivity index (χ1n) is 9.42. The van der Waals surface area contributed by atoms with Crippen molar-refractivity contribution in [2.45, 2.75) is 38.5 Å². The molecule has 0 radical (unpaired) electrons. The fourth-order valence-corrected chi connectivity index (χ4v) is 3.93. The number of piperazine rings is 1. The average molecular weight is 330 g/mol. The van der Waals surface area contributed by atoms with E-state index in [4.69, 9.17) is 4.74 Å². The molecule has 132 valence electrons. The van der Waals surface area contributed by atoms with Crippen LogP contribution in [0.4, 0.5) is 0 Å². The smallest absolute Gasteiger partial charge is 0.253 e. The summed E-state index contributed by atoms with van der Waals surface area (Å²) in [4.78, 5) is 17.1. The average Bonchev–Trinajstić information content (AvgIpc) is 2.67. The minimum atomic E-state index is 0.143. The van der Waals surface area contributed by atoms with Gasteiger partial charge in [-0.05, 0) is 43.1 Å². The first-order chi connectivity index (χ1) is 11.8. The number of methoxy groups -OCH3 is 1. The highest BCUT2D eigenvalue weighted by Crippen LogP contribution is 2.26. The van der Waals surface area contributed by atoms with Gasteiger partial charge in [0.05, 0.1) is 7.11 Å². The third kappa shape index (κ3) is 4.50. The van der Waals surface area contributed by atoms with Gasteiger partial charge in [0.1, 0.15) is 5.75 Å². The Kier molecular flexibility index (Phi) is 6.13. The number of amides is 1. The van der Waals surface area contributed by atoms with E-state index in [9.17, 15) is 4.79 Å². The Morgan fingerprint density at radius 1 is 1.04 bits per heavy atom. The van der Waals surface area contributed by atoms with Crippen LogP contribution in [0.25, 0.3) is 0 Å². The van der Waals surface area contributed by atoms with Crippen LogP contribution in [-0.2, 0) is 0 Å². The quantitative estimate of drug-likeness (QED) is 0.829. The van der Waals surface area contributed by atoms with Crippen LogP contribution in [0.1, 0.15) is 48.9 Å². The molecule has 0 atom stereocenters. The summed E-state index contributed by atoms with van der Waals surface area (Å²) in [7, 11) is 1.64. The Morgan fingerprint density at radius 2 is 1.71 bits per heavy atom. The summed E-state index contributed by atoms with van der Waals surface area (Å²) in [5, 5.41) is 0. The number of hydrogen-bond acceptors (Lipinski definition) is 3. The van der Waals surface area contributed by atoms with Crippen molar-refractivity contribution in [1.82, 2.24) is 9.80 Å². The molecule has 1 saturated heterocycles. The lowest BCUT2D eigenvalue weighted by Crippen LogP contribution is -2.49. The summed E-state index contributed by atoms with van der Waals surface area (Å²) in [5.41, 5.74) is 0.756. The molecule has 3 rings (SSSR count). The summed E-state index contributed by atoms with van der Waals surface area (Å²) in [5.74, 6) is 1.88. The van der Waals surface area contributed by atoms with Crippen LogP contribution in [0.5, 0.6) is 5.75 Å². The van der Waals surface area contributed by atoms with Gasteiger partial charge in [0, 0.05) is 31.7 Å². The van der Waals surface area contributed by atoms with E-state index in [0.29, 0.717) is 0 Å². The molecule has 1 aromatic carbocycles. The number of carbonyl (C=O) groups excluding carboxylic acids is 1. The Morgan fingerprint density at radius 3 is 2.33 bits per heavy atom. The van der Waals surface area contributed by atoms with Gasteiger partial charge in [0.2, 0.25) is 0 Å². The van der Waals surface area contributed by atoms with E-state index < -0.39 is 0 Å². The number of ether oxygens (including phenoxy) is 1. The Labute approximate surface area is 145 Å². The summed E-state index contributed by atoms with van der Waals surface area (Å²) >= 11 is 0. The zero-order valence-corrected chi connectivity index (χ0v) is 14.9. The molecular formula is C20H30N2O2. The standard InChI is InChI=1S/C20H30N2O2/c1-24-19-9-7-18(8-10-19)20(23)22-15-13-21(14-16-22)12-11-17-5-3-2-4-6-17/h7-10,17H,2-6,11-16H2,1H3. The van der Waals surface area contributed by atoms with Crippen molar-refractivity contribution in [2.24, 2.45) is 5.92 Å². The Hall–Kier alpha value is -1.55. The molecule has 0 bridgehead atoms. The van der Waals surface area contributed by atoms with Crippen molar-refractivity contribution in [2.75, 3.05) is 39.8 Å². The molecule has 0 spiro atoms. The fraction of sp³-hybridized carbons (Fsp3) is 0.650. The molecule has 2 aliphatic rings. The molecular weight excluding hydrogens is 300 g/mol. The zero-order valence-electron chi connectivity index (χ0n) is 14.9. The van der Waals surface area contributed by atoms with Crippen molar-refractivity contribution in [3.63, 3.8) is 0 Å². The van der Waals surface area contributed by atoms with Gasteiger partial charge in [-0.1, -0.05) is 32.1 Å². The Bertz CT molecular complexity index is 515. The van der Waals surface area contributed by atoms with Crippen LogP contribution < -0.4 is 4.74 Å². The van der Waals surface area contributed by atoms with Crippen LogP contribution in [0.2, 0.25) is 0 Å². The normalized spacial score (nSPS) is 20.1. The Balaban J connectivity index is 1.43. The highest BCUT2D eigenvalue weighted by molar-refractivity contribution is 5.94. The maximum atomic E-state index is 12.6. The molecule has 1 heterocycles. The van der Waals surface area contributed by atoms with Gasteiger partial charge < -0.3 is 9.64 Å². The van der Waals surface area contributed by atoms with E-state index in [-0.39, 0.29) is 5.91 Å². The van der Waals surface area contributed by atoms with Crippen molar-refractivity contribution < 1.29 is 9.53 Å². The second-order valence-electron chi connectivity index (χ2n) is 7.16. The van der Waals surface area contributed by atoms with Crippen molar-refractivity contribution in [3.05, 3.63) is 29.8 Å². The molecule has 4 nitrogen and oxygen atoms in total. The summed E-state index contributed by atoms with van der Waals surface area (Å²) in [6.45, 7) is 4.91. The van der Waals surface area contributed by atoms with Gasteiger partial charge in [-0.15, -0.1) is 0 Å². The second-order valence-corrected chi connectivity index (χ2v) is 7.16. The van der Waals surface area contributed by atoms with Crippen LogP contribution in [0, 0.1) is 5.92 Å². The summed E-state index contributed by atoms with van der Waals surface area (Å²) in [6.07, 6.45) is 8.48. The fourth-order valence-electron chi connectivity index (χ4n) is 3.93. The largest absolute Gasteiger partial charge is 0.497 e. The topological polar surface area (TPSA) is 32.8 Å². The highest BCUT2D eigenvalue weighted by atomic mass is 16.5. The van der Waals surface area contributed by atoms with Gasteiger partial charge >= 0.3 is 0 Å². The van der Waals surface area contributed by atoms with Crippen LogP contribution in [-0.4, -0.2) is 55.5 Å². The number of hydrogen-bond donors (Lipinski definition) is 0. The van der Waals surface area contributed by atoms with Gasteiger partial charge in [-0.25, -0.2) is 0 Å². The second kappa shape index (κ2) is 8.52. The molecule has 1 aliphatic heterocycles. The molecule has 4 heteroatoms. The van der Waals surface area contributed by atoms with E-state index >= 15 is 0 Å². The maximum Gasteiger partial charge on any atom is 0.253 e. The predicted octanol–water partition coefficient (Wildman–Crippen LogP) is 3.42. The van der Waals surface area contributed by atoms with E-state index in [1.807, 2.05) is 29.2 Å². The molecule has 1 aromatic rings. The highest BCUT2D eigenvalue weighted by Gasteiger charge is 2.23. The van der Waals surface area contributed by atoms with Crippen molar-refractivity contribution in [1.29, 1.82) is 0 Å². The molecule has 2 fully saturated rings. The van der Waals surface area contributed by atoms with E-state index in [0.717, 1.165) is 43.4 Å². The molecule has 0 aromatic heterocycles. The molecule has 0 N–H and O–H groups in total. The van der Waals surface area contributed by atoms with Crippen LogP contribution >= 0.6 is 0 Å². The first-order valence-corrected chi connectivity index (χ1v) is 9.42. The van der Waals surface area contributed by atoms with E-state index in [1.165, 1.54) is 45.1 Å².